The Morgan fingerprint density at radius 1 is 1.56 bits per heavy atom. The molecule has 1 aromatic carbocycles. The third-order valence-electron chi connectivity index (χ3n) is 3.37. The molecule has 1 aromatic rings. The number of ether oxygens (including phenoxy) is 1. The van der Waals surface area contributed by atoms with Gasteiger partial charge in [-0.1, -0.05) is 6.92 Å². The Balaban J connectivity index is 2.18. The molecule has 0 aliphatic carbocycles. The van der Waals surface area contributed by atoms with Crippen molar-refractivity contribution >= 4 is 11.6 Å². The second kappa shape index (κ2) is 4.49. The summed E-state index contributed by atoms with van der Waals surface area (Å²) in [7, 11) is 1.51. The number of carbonyl (C=O) groups excluding carboxylic acids is 1. The Hall–Kier alpha value is -1.75. The van der Waals surface area contributed by atoms with Crippen molar-refractivity contribution < 1.29 is 14.6 Å². The molecule has 18 heavy (non-hydrogen) atoms. The number of methoxy groups -OCH3 is 1. The second-order valence-corrected chi connectivity index (χ2v) is 4.70. The average molecular weight is 250 g/mol. The van der Waals surface area contributed by atoms with Crippen LogP contribution in [0.25, 0.3) is 0 Å². The van der Waals surface area contributed by atoms with Crippen LogP contribution in [0.1, 0.15) is 23.7 Å². The number of aliphatic hydroxyl groups is 1. The largest absolute Gasteiger partial charge is 0.496 e. The zero-order valence-electron chi connectivity index (χ0n) is 10.6. The van der Waals surface area contributed by atoms with Gasteiger partial charge in [0.05, 0.1) is 31.4 Å². The fraction of sp³-hybridized carbons (Fsp3) is 0.462. The van der Waals surface area contributed by atoms with E-state index in [9.17, 15) is 9.90 Å². The molecule has 1 amide bonds. The molecule has 0 spiro atoms. The number of hydrogen-bond acceptors (Lipinski definition) is 4. The van der Waals surface area contributed by atoms with Crippen LogP contribution in [0, 0.1) is 0 Å². The van der Waals surface area contributed by atoms with Crippen LogP contribution in [-0.2, 0) is 0 Å². The minimum atomic E-state index is -0.733. The maximum absolute atomic E-state index is 12.2. The van der Waals surface area contributed by atoms with Crippen molar-refractivity contribution in [3.63, 3.8) is 0 Å². The highest BCUT2D eigenvalue weighted by molar-refractivity contribution is 5.98. The van der Waals surface area contributed by atoms with Crippen molar-refractivity contribution in [2.24, 2.45) is 0 Å². The molecule has 5 nitrogen and oxygen atoms in total. The summed E-state index contributed by atoms with van der Waals surface area (Å²) in [6, 6.07) is 4.97. The predicted molar refractivity (Wildman–Crippen MR) is 68.6 cm³/mol. The number of nitrogens with two attached hydrogens (primary N) is 1. The van der Waals surface area contributed by atoms with Crippen LogP contribution in [0.4, 0.5) is 5.69 Å². The van der Waals surface area contributed by atoms with Gasteiger partial charge in [0.25, 0.3) is 5.91 Å². The monoisotopic (exact) mass is 250 g/mol. The lowest BCUT2D eigenvalue weighted by atomic mass is 9.90. The van der Waals surface area contributed by atoms with E-state index in [1.54, 1.807) is 23.1 Å². The number of benzene rings is 1. The third-order valence-corrected chi connectivity index (χ3v) is 3.37. The van der Waals surface area contributed by atoms with E-state index in [2.05, 4.69) is 0 Å². The summed E-state index contributed by atoms with van der Waals surface area (Å²) < 4.78 is 5.15. The maximum atomic E-state index is 12.2. The number of amides is 1. The second-order valence-electron chi connectivity index (χ2n) is 4.70. The molecule has 0 atom stereocenters. The molecule has 1 aliphatic heterocycles. The van der Waals surface area contributed by atoms with Gasteiger partial charge in [-0.3, -0.25) is 4.79 Å². The van der Waals surface area contributed by atoms with Crippen molar-refractivity contribution in [3.05, 3.63) is 23.8 Å². The zero-order valence-corrected chi connectivity index (χ0v) is 10.6. The van der Waals surface area contributed by atoms with E-state index in [0.717, 1.165) is 0 Å². The summed E-state index contributed by atoms with van der Waals surface area (Å²) in [5, 5.41) is 9.92. The lowest BCUT2D eigenvalue weighted by Gasteiger charge is -2.46. The Labute approximate surface area is 106 Å². The summed E-state index contributed by atoms with van der Waals surface area (Å²) in [5.74, 6) is 0.346. The standard InChI is InChI=1S/C13H18N2O3/c1-3-13(17)7-15(8-13)12(16)10-6-9(14)4-5-11(10)18-2/h4-6,17H,3,7-8,14H2,1-2H3. The lowest BCUT2D eigenvalue weighted by Crippen LogP contribution is -2.63. The first-order chi connectivity index (χ1) is 8.49. The van der Waals surface area contributed by atoms with Gasteiger partial charge in [0, 0.05) is 5.69 Å². The molecule has 5 heteroatoms. The highest BCUT2D eigenvalue weighted by Gasteiger charge is 2.42. The number of carbonyl (C=O) groups is 1. The number of nitrogen functional groups attached to an aromatic ring is 1. The fourth-order valence-corrected chi connectivity index (χ4v) is 2.09. The van der Waals surface area contributed by atoms with Crippen molar-refractivity contribution in [2.45, 2.75) is 18.9 Å². The fourth-order valence-electron chi connectivity index (χ4n) is 2.09. The first-order valence-corrected chi connectivity index (χ1v) is 5.94. The maximum Gasteiger partial charge on any atom is 0.257 e. The Kier molecular flexibility index (Phi) is 3.17. The third kappa shape index (κ3) is 2.13. The van der Waals surface area contributed by atoms with E-state index in [4.69, 9.17) is 10.5 Å². The predicted octanol–water partition coefficient (Wildman–Crippen LogP) is 0.874. The Bertz CT molecular complexity index is 467. The van der Waals surface area contributed by atoms with E-state index in [-0.39, 0.29) is 5.91 Å². The molecule has 0 bridgehead atoms. The molecule has 3 N–H and O–H groups in total. The van der Waals surface area contributed by atoms with E-state index in [1.165, 1.54) is 7.11 Å². The van der Waals surface area contributed by atoms with Crippen LogP contribution in [0.5, 0.6) is 5.75 Å². The molecule has 2 rings (SSSR count). The molecule has 1 fully saturated rings. The van der Waals surface area contributed by atoms with Crippen molar-refractivity contribution in [1.82, 2.24) is 4.90 Å². The minimum absolute atomic E-state index is 0.155. The summed E-state index contributed by atoms with van der Waals surface area (Å²) in [6.45, 7) is 2.63. The quantitative estimate of drug-likeness (QED) is 0.781. The molecular formula is C13H18N2O3. The van der Waals surface area contributed by atoms with Gasteiger partial charge in [0.15, 0.2) is 0 Å². The van der Waals surface area contributed by atoms with Crippen LogP contribution in [0.15, 0.2) is 18.2 Å². The van der Waals surface area contributed by atoms with Crippen LogP contribution in [0.3, 0.4) is 0 Å². The first kappa shape index (κ1) is 12.7. The minimum Gasteiger partial charge on any atom is -0.496 e. The molecule has 0 aromatic heterocycles. The Morgan fingerprint density at radius 3 is 2.78 bits per heavy atom. The van der Waals surface area contributed by atoms with Crippen LogP contribution in [0.2, 0.25) is 0 Å². The molecule has 1 heterocycles. The van der Waals surface area contributed by atoms with Crippen molar-refractivity contribution in [2.75, 3.05) is 25.9 Å². The number of β-amino-alcohol motifs (C(OH)–C–C–N with tert-alkyl or cyclic N) is 1. The molecule has 0 radical (unpaired) electrons. The van der Waals surface area contributed by atoms with Crippen molar-refractivity contribution in [3.8, 4) is 5.75 Å². The van der Waals surface area contributed by atoms with Crippen LogP contribution < -0.4 is 10.5 Å². The molecule has 1 saturated heterocycles. The number of rotatable bonds is 3. The van der Waals surface area contributed by atoms with Gasteiger partial charge in [-0.25, -0.2) is 0 Å². The van der Waals surface area contributed by atoms with E-state index in [1.807, 2.05) is 6.92 Å². The highest BCUT2D eigenvalue weighted by Crippen LogP contribution is 2.29. The van der Waals surface area contributed by atoms with Gasteiger partial charge < -0.3 is 20.5 Å². The van der Waals surface area contributed by atoms with Gasteiger partial charge in [0.2, 0.25) is 0 Å². The summed E-state index contributed by atoms with van der Waals surface area (Å²) >= 11 is 0. The van der Waals surface area contributed by atoms with E-state index in [0.29, 0.717) is 36.5 Å². The molecule has 1 aliphatic rings. The van der Waals surface area contributed by atoms with Gasteiger partial charge in [-0.2, -0.15) is 0 Å². The zero-order chi connectivity index (χ0) is 13.3. The molecule has 0 unspecified atom stereocenters. The lowest BCUT2D eigenvalue weighted by molar-refractivity contribution is -0.0827. The molecule has 98 valence electrons. The Morgan fingerprint density at radius 2 is 2.22 bits per heavy atom. The molecule has 0 saturated carbocycles. The van der Waals surface area contributed by atoms with Gasteiger partial charge >= 0.3 is 0 Å². The first-order valence-electron chi connectivity index (χ1n) is 5.94. The van der Waals surface area contributed by atoms with E-state index >= 15 is 0 Å². The smallest absolute Gasteiger partial charge is 0.257 e. The van der Waals surface area contributed by atoms with Gasteiger partial charge in [0.1, 0.15) is 5.75 Å². The number of nitrogens with zero attached hydrogens (tertiary/aromatic N) is 1. The van der Waals surface area contributed by atoms with Crippen molar-refractivity contribution in [1.29, 1.82) is 0 Å². The van der Waals surface area contributed by atoms with Crippen LogP contribution in [-0.4, -0.2) is 41.7 Å². The topological polar surface area (TPSA) is 75.8 Å². The highest BCUT2D eigenvalue weighted by atomic mass is 16.5. The normalized spacial score (nSPS) is 17.2. The number of anilines is 1. The molecular weight excluding hydrogens is 232 g/mol. The summed E-state index contributed by atoms with van der Waals surface area (Å²) in [5.41, 5.74) is 5.91. The average Bonchev–Trinajstić information content (AvgIpc) is 2.34. The number of likely N-dealkylation sites (tertiary alicyclic amines) is 1. The SMILES string of the molecule is CCC1(O)CN(C(=O)c2cc(N)ccc2OC)C1. The van der Waals surface area contributed by atoms with Gasteiger partial charge in [-0.05, 0) is 24.6 Å². The van der Waals surface area contributed by atoms with Gasteiger partial charge in [-0.15, -0.1) is 0 Å². The summed E-state index contributed by atoms with van der Waals surface area (Å²) in [4.78, 5) is 13.8. The van der Waals surface area contributed by atoms with E-state index < -0.39 is 5.60 Å². The summed E-state index contributed by atoms with van der Waals surface area (Å²) in [6.07, 6.45) is 0.644. The van der Waals surface area contributed by atoms with Crippen LogP contribution >= 0.6 is 0 Å². The number of hydrogen-bond donors (Lipinski definition) is 2.